The molecule has 0 saturated carbocycles. The molecule has 1 aliphatic heterocycles. The van der Waals surface area contributed by atoms with Crippen LogP contribution in [0.5, 0.6) is 17.2 Å². The molecule has 1 heterocycles. The normalized spacial score (nSPS) is 13.8. The first-order chi connectivity index (χ1) is 14.3. The highest BCUT2D eigenvalue weighted by molar-refractivity contribution is 7.92. The molecule has 2 aromatic carbocycles. The predicted molar refractivity (Wildman–Crippen MR) is 115 cm³/mol. The van der Waals surface area contributed by atoms with Gasteiger partial charge in [0.1, 0.15) is 31.6 Å². The number of sulfonamides is 1. The van der Waals surface area contributed by atoms with Crippen LogP contribution >= 0.6 is 0 Å². The highest BCUT2D eigenvalue weighted by Crippen LogP contribution is 2.35. The van der Waals surface area contributed by atoms with E-state index in [1.807, 2.05) is 0 Å². The van der Waals surface area contributed by atoms with Gasteiger partial charge in [0, 0.05) is 17.8 Å². The Morgan fingerprint density at radius 2 is 1.97 bits per heavy atom. The number of amides is 1. The minimum atomic E-state index is -3.76. The molecule has 3 rings (SSSR count). The van der Waals surface area contributed by atoms with Crippen LogP contribution in [-0.4, -0.2) is 46.4 Å². The van der Waals surface area contributed by atoms with E-state index >= 15 is 0 Å². The van der Waals surface area contributed by atoms with Gasteiger partial charge in [0.25, 0.3) is 0 Å². The van der Waals surface area contributed by atoms with E-state index in [2.05, 4.69) is 11.9 Å². The van der Waals surface area contributed by atoms with E-state index in [1.165, 1.54) is 6.92 Å². The van der Waals surface area contributed by atoms with E-state index in [9.17, 15) is 13.2 Å². The number of carbonyl (C=O) groups is 1. The molecule has 30 heavy (non-hydrogen) atoms. The molecule has 0 aromatic heterocycles. The number of hydrogen-bond donors (Lipinski definition) is 1. The number of fused-ring (bicyclic) bond motifs is 1. The van der Waals surface area contributed by atoms with Crippen LogP contribution in [0.1, 0.15) is 6.92 Å². The summed E-state index contributed by atoms with van der Waals surface area (Å²) < 4.78 is 42.6. The Balaban J connectivity index is 1.83. The second-order valence-corrected chi connectivity index (χ2v) is 8.54. The summed E-state index contributed by atoms with van der Waals surface area (Å²) in [5.74, 6) is 1.04. The molecule has 1 atom stereocenters. The Morgan fingerprint density at radius 1 is 1.23 bits per heavy atom. The number of anilines is 2. The van der Waals surface area contributed by atoms with E-state index in [0.29, 0.717) is 48.4 Å². The van der Waals surface area contributed by atoms with Crippen LogP contribution in [-0.2, 0) is 14.8 Å². The number of nitrogens with zero attached hydrogens (tertiary/aromatic N) is 1. The van der Waals surface area contributed by atoms with Gasteiger partial charge in [0.2, 0.25) is 15.9 Å². The Kier molecular flexibility index (Phi) is 6.51. The molecule has 0 spiro atoms. The topological polar surface area (TPSA) is 94.2 Å². The molecule has 0 aliphatic carbocycles. The maximum atomic E-state index is 12.9. The van der Waals surface area contributed by atoms with Crippen LogP contribution in [0.25, 0.3) is 0 Å². The Labute approximate surface area is 176 Å². The zero-order chi connectivity index (χ0) is 21.7. The third kappa shape index (κ3) is 5.04. The summed E-state index contributed by atoms with van der Waals surface area (Å²) in [5.41, 5.74) is 0.802. The van der Waals surface area contributed by atoms with Crippen LogP contribution in [0.3, 0.4) is 0 Å². The second-order valence-electron chi connectivity index (χ2n) is 6.68. The van der Waals surface area contributed by atoms with Crippen molar-refractivity contribution in [2.24, 2.45) is 0 Å². The largest absolute Gasteiger partial charge is 0.489 e. The van der Waals surface area contributed by atoms with Crippen molar-refractivity contribution >= 4 is 27.3 Å². The first-order valence-electron chi connectivity index (χ1n) is 9.33. The summed E-state index contributed by atoms with van der Waals surface area (Å²) in [6.45, 7) is 6.24. The van der Waals surface area contributed by atoms with Crippen molar-refractivity contribution < 1.29 is 27.4 Å². The fraction of sp³-hybridized carbons (Fsp3) is 0.286. The lowest BCUT2D eigenvalue weighted by Crippen LogP contribution is -2.45. The highest BCUT2D eigenvalue weighted by Gasteiger charge is 2.30. The standard InChI is InChI=1S/C21H24N2O6S/c1-4-10-27-18-7-5-6-16(13-18)22-21(24)15(2)23(30(3,25)26)17-8-9-19-20(14-17)29-12-11-28-19/h4-9,13-15H,1,10-12H2,2-3H3,(H,22,24)/t15-/m1/s1. The van der Waals surface area contributed by atoms with E-state index in [1.54, 1.807) is 48.5 Å². The molecule has 8 nitrogen and oxygen atoms in total. The van der Waals surface area contributed by atoms with E-state index in [4.69, 9.17) is 14.2 Å². The minimum Gasteiger partial charge on any atom is -0.489 e. The van der Waals surface area contributed by atoms with Crippen LogP contribution in [0.4, 0.5) is 11.4 Å². The third-order valence-corrected chi connectivity index (χ3v) is 5.58. The molecule has 1 N–H and O–H groups in total. The predicted octanol–water partition coefficient (Wildman–Crippen LogP) is 2.82. The molecule has 2 aromatic rings. The number of carbonyl (C=O) groups excluding carboxylic acids is 1. The summed E-state index contributed by atoms with van der Waals surface area (Å²) in [6.07, 6.45) is 2.67. The van der Waals surface area contributed by atoms with Gasteiger partial charge in [0.05, 0.1) is 11.9 Å². The molecule has 0 bridgehead atoms. The molecular weight excluding hydrogens is 408 g/mol. The number of ether oxygens (including phenoxy) is 3. The van der Waals surface area contributed by atoms with Gasteiger partial charge in [-0.2, -0.15) is 0 Å². The molecule has 0 unspecified atom stereocenters. The average molecular weight is 432 g/mol. The summed E-state index contributed by atoms with van der Waals surface area (Å²) in [5, 5.41) is 2.74. The summed E-state index contributed by atoms with van der Waals surface area (Å²) in [7, 11) is -3.76. The fourth-order valence-corrected chi connectivity index (χ4v) is 4.21. The lowest BCUT2D eigenvalue weighted by atomic mass is 10.2. The van der Waals surface area contributed by atoms with Gasteiger partial charge < -0.3 is 19.5 Å². The average Bonchev–Trinajstić information content (AvgIpc) is 2.71. The number of nitrogens with one attached hydrogen (secondary N) is 1. The van der Waals surface area contributed by atoms with Gasteiger partial charge >= 0.3 is 0 Å². The van der Waals surface area contributed by atoms with Crippen LogP contribution < -0.4 is 23.8 Å². The van der Waals surface area contributed by atoms with Crippen molar-refractivity contribution in [2.45, 2.75) is 13.0 Å². The lowest BCUT2D eigenvalue weighted by Gasteiger charge is -2.29. The number of hydrogen-bond acceptors (Lipinski definition) is 6. The zero-order valence-electron chi connectivity index (χ0n) is 16.8. The van der Waals surface area contributed by atoms with Crippen molar-refractivity contribution in [3.63, 3.8) is 0 Å². The molecule has 9 heteroatoms. The molecule has 1 amide bonds. The van der Waals surface area contributed by atoms with E-state index < -0.39 is 22.0 Å². The van der Waals surface area contributed by atoms with Crippen molar-refractivity contribution in [2.75, 3.05) is 35.7 Å². The van der Waals surface area contributed by atoms with Crippen molar-refractivity contribution in [3.05, 3.63) is 55.1 Å². The minimum absolute atomic E-state index is 0.312. The van der Waals surface area contributed by atoms with Gasteiger partial charge in [0.15, 0.2) is 11.5 Å². The number of benzene rings is 2. The maximum Gasteiger partial charge on any atom is 0.247 e. The Hall–Kier alpha value is -3.20. The molecule has 0 radical (unpaired) electrons. The van der Waals surface area contributed by atoms with Gasteiger partial charge in [-0.1, -0.05) is 18.7 Å². The fourth-order valence-electron chi connectivity index (χ4n) is 3.04. The smallest absolute Gasteiger partial charge is 0.247 e. The lowest BCUT2D eigenvalue weighted by molar-refractivity contribution is -0.116. The third-order valence-electron chi connectivity index (χ3n) is 4.34. The van der Waals surface area contributed by atoms with Gasteiger partial charge in [-0.05, 0) is 31.2 Å². The Bertz CT molecular complexity index is 1040. The molecule has 160 valence electrons. The van der Waals surface area contributed by atoms with Gasteiger partial charge in [-0.15, -0.1) is 0 Å². The van der Waals surface area contributed by atoms with Crippen LogP contribution in [0.2, 0.25) is 0 Å². The van der Waals surface area contributed by atoms with Crippen molar-refractivity contribution in [1.82, 2.24) is 0 Å². The first-order valence-corrected chi connectivity index (χ1v) is 11.2. The summed E-state index contributed by atoms with van der Waals surface area (Å²) in [6, 6.07) is 10.6. The Morgan fingerprint density at radius 3 is 2.67 bits per heavy atom. The second kappa shape index (κ2) is 9.08. The summed E-state index contributed by atoms with van der Waals surface area (Å²) in [4.78, 5) is 12.9. The summed E-state index contributed by atoms with van der Waals surface area (Å²) >= 11 is 0. The van der Waals surface area contributed by atoms with E-state index in [0.717, 1.165) is 10.6 Å². The van der Waals surface area contributed by atoms with Crippen LogP contribution in [0.15, 0.2) is 55.1 Å². The van der Waals surface area contributed by atoms with Crippen molar-refractivity contribution in [1.29, 1.82) is 0 Å². The quantitative estimate of drug-likeness (QED) is 0.645. The monoisotopic (exact) mass is 432 g/mol. The van der Waals surface area contributed by atoms with Crippen molar-refractivity contribution in [3.8, 4) is 17.2 Å². The first kappa shape index (κ1) is 21.5. The maximum absolute atomic E-state index is 12.9. The molecule has 0 fully saturated rings. The van der Waals surface area contributed by atoms with E-state index in [-0.39, 0.29) is 0 Å². The SMILES string of the molecule is C=CCOc1cccc(NC(=O)[C@@H](C)N(c2ccc3c(c2)OCCO3)S(C)(=O)=O)c1. The zero-order valence-corrected chi connectivity index (χ0v) is 17.6. The molecule has 1 aliphatic rings. The molecular formula is C21H24N2O6S. The van der Waals surface area contributed by atoms with Gasteiger partial charge in [-0.3, -0.25) is 9.10 Å². The molecule has 0 saturated heterocycles. The number of rotatable bonds is 8. The highest BCUT2D eigenvalue weighted by atomic mass is 32.2. The van der Waals surface area contributed by atoms with Crippen LogP contribution in [0, 0.1) is 0 Å². The van der Waals surface area contributed by atoms with Gasteiger partial charge in [-0.25, -0.2) is 8.42 Å².